The Labute approximate surface area is 106 Å². The maximum atomic E-state index is 11.5. The third-order valence-electron chi connectivity index (χ3n) is 2.58. The van der Waals surface area contributed by atoms with E-state index in [1.54, 1.807) is 6.92 Å². The molecule has 0 spiro atoms. The Morgan fingerprint density at radius 2 is 2.28 bits per heavy atom. The van der Waals surface area contributed by atoms with Crippen LogP contribution in [-0.2, 0) is 11.2 Å². The Morgan fingerprint density at radius 3 is 3.00 bits per heavy atom. The molecule has 94 valence electrons. The van der Waals surface area contributed by atoms with Gasteiger partial charge in [-0.2, -0.15) is 0 Å². The highest BCUT2D eigenvalue weighted by Crippen LogP contribution is 2.09. The first-order valence-electron chi connectivity index (χ1n) is 5.95. The molecule has 0 aliphatic carbocycles. The summed E-state index contributed by atoms with van der Waals surface area (Å²) in [7, 11) is 0. The number of benzene rings is 1. The summed E-state index contributed by atoms with van der Waals surface area (Å²) in [5, 5.41) is 0. The van der Waals surface area contributed by atoms with Gasteiger partial charge in [0, 0.05) is 6.42 Å². The van der Waals surface area contributed by atoms with Crippen LogP contribution >= 0.6 is 0 Å². The molecular formula is C14H16N2O2. The van der Waals surface area contributed by atoms with Crippen LogP contribution in [0.2, 0.25) is 0 Å². The van der Waals surface area contributed by atoms with Crippen LogP contribution in [0.1, 0.15) is 34.4 Å². The second-order valence-corrected chi connectivity index (χ2v) is 4.13. The van der Waals surface area contributed by atoms with Gasteiger partial charge in [0.05, 0.1) is 12.8 Å². The zero-order chi connectivity index (χ0) is 13.0. The molecule has 4 nitrogen and oxygen atoms in total. The molecule has 2 rings (SSSR count). The number of aromatic nitrogens is 2. The third-order valence-corrected chi connectivity index (χ3v) is 2.58. The monoisotopic (exact) mass is 244 g/mol. The minimum atomic E-state index is -0.361. The molecular weight excluding hydrogens is 228 g/mol. The van der Waals surface area contributed by atoms with E-state index in [-0.39, 0.29) is 5.97 Å². The number of rotatable bonds is 4. The maximum Gasteiger partial charge on any atom is 0.356 e. The van der Waals surface area contributed by atoms with E-state index < -0.39 is 0 Å². The van der Waals surface area contributed by atoms with E-state index in [0.29, 0.717) is 18.7 Å². The number of aromatic amines is 1. The zero-order valence-corrected chi connectivity index (χ0v) is 10.6. The van der Waals surface area contributed by atoms with Crippen LogP contribution in [-0.4, -0.2) is 22.5 Å². The molecule has 4 heteroatoms. The number of imidazole rings is 1. The molecule has 1 heterocycles. The Morgan fingerprint density at radius 1 is 1.44 bits per heavy atom. The maximum absolute atomic E-state index is 11.5. The molecule has 1 aromatic carbocycles. The van der Waals surface area contributed by atoms with Crippen LogP contribution in [0.3, 0.4) is 0 Å². The molecule has 0 radical (unpaired) electrons. The fraction of sp³-hybridized carbons (Fsp3) is 0.286. The van der Waals surface area contributed by atoms with Crippen molar-refractivity contribution in [3.8, 4) is 0 Å². The SMILES string of the molecule is CCOC(=O)c1cnc(Cc2cccc(C)c2)[nH]1. The highest BCUT2D eigenvalue weighted by atomic mass is 16.5. The molecule has 0 aliphatic rings. The predicted molar refractivity (Wildman–Crippen MR) is 68.5 cm³/mol. The van der Waals surface area contributed by atoms with E-state index in [1.807, 2.05) is 12.1 Å². The van der Waals surface area contributed by atoms with Gasteiger partial charge in [0.2, 0.25) is 0 Å². The highest BCUT2D eigenvalue weighted by Gasteiger charge is 2.10. The predicted octanol–water partition coefficient (Wildman–Crippen LogP) is 2.49. The first kappa shape index (κ1) is 12.4. The van der Waals surface area contributed by atoms with Gasteiger partial charge in [0.1, 0.15) is 11.5 Å². The lowest BCUT2D eigenvalue weighted by Gasteiger charge is -2.00. The minimum absolute atomic E-state index is 0.361. The number of H-pyrrole nitrogens is 1. The summed E-state index contributed by atoms with van der Waals surface area (Å²) in [6.45, 7) is 4.20. The standard InChI is InChI=1S/C14H16N2O2/c1-3-18-14(17)12-9-15-13(16-12)8-11-6-4-5-10(2)7-11/h4-7,9H,3,8H2,1-2H3,(H,15,16). The van der Waals surface area contributed by atoms with Crippen LogP contribution in [0.5, 0.6) is 0 Å². The summed E-state index contributed by atoms with van der Waals surface area (Å²) in [6, 6.07) is 8.21. The smallest absolute Gasteiger partial charge is 0.356 e. The minimum Gasteiger partial charge on any atom is -0.461 e. The van der Waals surface area contributed by atoms with Crippen molar-refractivity contribution in [2.45, 2.75) is 20.3 Å². The van der Waals surface area contributed by atoms with Crippen LogP contribution in [0, 0.1) is 6.92 Å². The molecule has 1 aromatic heterocycles. The molecule has 1 N–H and O–H groups in total. The second kappa shape index (κ2) is 5.49. The Hall–Kier alpha value is -2.10. The molecule has 0 fully saturated rings. The van der Waals surface area contributed by atoms with E-state index >= 15 is 0 Å². The molecule has 0 amide bonds. The lowest BCUT2D eigenvalue weighted by atomic mass is 10.1. The fourth-order valence-corrected chi connectivity index (χ4v) is 1.78. The summed E-state index contributed by atoms with van der Waals surface area (Å²) in [6.07, 6.45) is 2.20. The summed E-state index contributed by atoms with van der Waals surface area (Å²) in [5.41, 5.74) is 2.78. The molecule has 2 aromatic rings. The number of nitrogens with one attached hydrogen (secondary N) is 1. The van der Waals surface area contributed by atoms with Gasteiger partial charge in [-0.1, -0.05) is 29.8 Å². The van der Waals surface area contributed by atoms with E-state index in [9.17, 15) is 4.79 Å². The van der Waals surface area contributed by atoms with E-state index in [0.717, 1.165) is 5.82 Å². The van der Waals surface area contributed by atoms with Crippen molar-refractivity contribution in [1.29, 1.82) is 0 Å². The Bertz CT molecular complexity index is 546. The average Bonchev–Trinajstić information content (AvgIpc) is 2.78. The topological polar surface area (TPSA) is 55.0 Å². The normalized spacial score (nSPS) is 10.3. The number of ether oxygens (including phenoxy) is 1. The van der Waals surface area contributed by atoms with Crippen molar-refractivity contribution < 1.29 is 9.53 Å². The number of nitrogens with zero attached hydrogens (tertiary/aromatic N) is 1. The number of hydrogen-bond acceptors (Lipinski definition) is 3. The van der Waals surface area contributed by atoms with Gasteiger partial charge in [-0.05, 0) is 19.4 Å². The fourth-order valence-electron chi connectivity index (χ4n) is 1.78. The van der Waals surface area contributed by atoms with Crippen LogP contribution < -0.4 is 0 Å². The van der Waals surface area contributed by atoms with Gasteiger partial charge in [0.15, 0.2) is 0 Å². The third kappa shape index (κ3) is 2.97. The van der Waals surface area contributed by atoms with Gasteiger partial charge in [-0.25, -0.2) is 9.78 Å². The van der Waals surface area contributed by atoms with Crippen LogP contribution in [0.25, 0.3) is 0 Å². The number of carbonyl (C=O) groups is 1. The first-order chi connectivity index (χ1) is 8.69. The van der Waals surface area contributed by atoms with E-state index in [2.05, 4.69) is 29.0 Å². The molecule has 0 aliphatic heterocycles. The largest absolute Gasteiger partial charge is 0.461 e. The summed E-state index contributed by atoms with van der Waals surface area (Å²) in [5.74, 6) is 0.407. The lowest BCUT2D eigenvalue weighted by Crippen LogP contribution is -2.05. The first-order valence-corrected chi connectivity index (χ1v) is 5.95. The van der Waals surface area contributed by atoms with Gasteiger partial charge in [0.25, 0.3) is 0 Å². The molecule has 0 saturated heterocycles. The summed E-state index contributed by atoms with van der Waals surface area (Å²) in [4.78, 5) is 18.6. The average molecular weight is 244 g/mol. The molecule has 0 saturated carbocycles. The van der Waals surface area contributed by atoms with Crippen molar-refractivity contribution in [2.75, 3.05) is 6.61 Å². The lowest BCUT2D eigenvalue weighted by molar-refractivity contribution is 0.0520. The van der Waals surface area contributed by atoms with Gasteiger partial charge in [-0.3, -0.25) is 0 Å². The number of hydrogen-bond donors (Lipinski definition) is 1. The highest BCUT2D eigenvalue weighted by molar-refractivity contribution is 5.86. The Kier molecular flexibility index (Phi) is 3.77. The zero-order valence-electron chi connectivity index (χ0n) is 10.6. The summed E-state index contributed by atoms with van der Waals surface area (Å²) >= 11 is 0. The van der Waals surface area contributed by atoms with Crippen molar-refractivity contribution in [1.82, 2.24) is 9.97 Å². The van der Waals surface area contributed by atoms with Crippen molar-refractivity contribution in [3.63, 3.8) is 0 Å². The van der Waals surface area contributed by atoms with Gasteiger partial charge in [-0.15, -0.1) is 0 Å². The molecule has 0 unspecified atom stereocenters. The number of aryl methyl sites for hydroxylation is 1. The molecule has 18 heavy (non-hydrogen) atoms. The van der Waals surface area contributed by atoms with Crippen LogP contribution in [0.4, 0.5) is 0 Å². The van der Waals surface area contributed by atoms with Crippen LogP contribution in [0.15, 0.2) is 30.5 Å². The Balaban J connectivity index is 2.09. The van der Waals surface area contributed by atoms with E-state index in [1.165, 1.54) is 17.3 Å². The second-order valence-electron chi connectivity index (χ2n) is 4.13. The van der Waals surface area contributed by atoms with E-state index in [4.69, 9.17) is 4.74 Å². The number of carbonyl (C=O) groups excluding carboxylic acids is 1. The summed E-state index contributed by atoms with van der Waals surface area (Å²) < 4.78 is 4.90. The van der Waals surface area contributed by atoms with Crippen molar-refractivity contribution in [3.05, 3.63) is 53.1 Å². The van der Waals surface area contributed by atoms with Crippen molar-refractivity contribution in [2.24, 2.45) is 0 Å². The quantitative estimate of drug-likeness (QED) is 0.841. The molecule has 0 bridgehead atoms. The van der Waals surface area contributed by atoms with Crippen molar-refractivity contribution >= 4 is 5.97 Å². The van der Waals surface area contributed by atoms with Gasteiger partial charge < -0.3 is 9.72 Å². The van der Waals surface area contributed by atoms with Gasteiger partial charge >= 0.3 is 5.97 Å². The molecule has 0 atom stereocenters. The number of esters is 1.